The normalized spacial score (nSPS) is 16.9. The molecule has 0 spiro atoms. The summed E-state index contributed by atoms with van der Waals surface area (Å²) in [5.41, 5.74) is 0.812. The molecule has 6 heteroatoms. The minimum absolute atomic E-state index is 0.275. The predicted octanol–water partition coefficient (Wildman–Crippen LogP) is 3.31. The third kappa shape index (κ3) is 4.75. The molecule has 1 aromatic rings. The molecule has 0 saturated carbocycles. The second kappa shape index (κ2) is 8.08. The molecule has 1 heterocycles. The average molecular weight is 362 g/mol. The second-order valence-corrected chi connectivity index (χ2v) is 7.60. The Morgan fingerprint density at radius 1 is 1.23 bits per heavy atom. The van der Waals surface area contributed by atoms with Gasteiger partial charge in [0.05, 0.1) is 12.2 Å². The molecule has 144 valence electrons. The maximum absolute atomic E-state index is 12.3. The third-order valence-corrected chi connectivity index (χ3v) is 4.67. The molecule has 6 nitrogen and oxygen atoms in total. The maximum Gasteiger partial charge on any atom is 0.410 e. The molecule has 2 rings (SSSR count). The predicted molar refractivity (Wildman–Crippen MR) is 100 cm³/mol. The summed E-state index contributed by atoms with van der Waals surface area (Å²) in [4.78, 5) is 26.1. The van der Waals surface area contributed by atoms with Crippen molar-refractivity contribution in [1.29, 1.82) is 0 Å². The highest BCUT2D eigenvalue weighted by Gasteiger charge is 2.37. The molecule has 0 aliphatic carbocycles. The number of piperidine rings is 1. The molecule has 1 fully saturated rings. The number of amides is 1. The van der Waals surface area contributed by atoms with E-state index in [4.69, 9.17) is 9.47 Å². The van der Waals surface area contributed by atoms with Crippen LogP contribution in [0.2, 0.25) is 0 Å². The van der Waals surface area contributed by atoms with Crippen molar-refractivity contribution in [2.75, 3.05) is 26.7 Å². The van der Waals surface area contributed by atoms with Crippen LogP contribution in [0, 0.1) is 0 Å². The molecule has 0 atom stereocenters. The number of benzene rings is 1. The Bertz CT molecular complexity index is 643. The number of ether oxygens (including phenoxy) is 2. The number of carbonyl (C=O) groups excluding carboxylic acids is 2. The minimum Gasteiger partial charge on any atom is -0.462 e. The first-order valence-electron chi connectivity index (χ1n) is 9.15. The van der Waals surface area contributed by atoms with Gasteiger partial charge in [-0.1, -0.05) is 12.1 Å². The molecule has 1 amide bonds. The summed E-state index contributed by atoms with van der Waals surface area (Å²) in [6.45, 7) is 8.95. The molecule has 1 saturated heterocycles. The van der Waals surface area contributed by atoms with Gasteiger partial charge in [-0.25, -0.2) is 9.59 Å². The Hall–Kier alpha value is -2.08. The smallest absolute Gasteiger partial charge is 0.410 e. The number of rotatable bonds is 4. The van der Waals surface area contributed by atoms with Crippen LogP contribution >= 0.6 is 0 Å². The zero-order valence-electron chi connectivity index (χ0n) is 16.4. The summed E-state index contributed by atoms with van der Waals surface area (Å²) >= 11 is 0. The van der Waals surface area contributed by atoms with Gasteiger partial charge in [0.25, 0.3) is 0 Å². The highest BCUT2D eigenvalue weighted by Crippen LogP contribution is 2.33. The topological polar surface area (TPSA) is 67.9 Å². The summed E-state index contributed by atoms with van der Waals surface area (Å²) in [5, 5.41) is 3.41. The van der Waals surface area contributed by atoms with E-state index in [1.807, 2.05) is 46.0 Å². The van der Waals surface area contributed by atoms with E-state index in [9.17, 15) is 9.59 Å². The monoisotopic (exact) mass is 362 g/mol. The minimum atomic E-state index is -0.497. The number of nitrogens with one attached hydrogen (secondary N) is 1. The molecule has 26 heavy (non-hydrogen) atoms. The fraction of sp³-hybridized carbons (Fsp3) is 0.600. The molecular formula is C20H30N2O4. The molecule has 1 aliphatic rings. The van der Waals surface area contributed by atoms with E-state index in [1.165, 1.54) is 0 Å². The number of esters is 1. The van der Waals surface area contributed by atoms with E-state index in [1.54, 1.807) is 17.9 Å². The lowest BCUT2D eigenvalue weighted by atomic mass is 9.80. The van der Waals surface area contributed by atoms with Crippen molar-refractivity contribution in [3.8, 4) is 0 Å². The van der Waals surface area contributed by atoms with E-state index in [2.05, 4.69) is 5.32 Å². The molecule has 0 bridgehead atoms. The summed E-state index contributed by atoms with van der Waals surface area (Å²) in [6.07, 6.45) is 1.21. The molecule has 1 aliphatic heterocycles. The van der Waals surface area contributed by atoms with Crippen LogP contribution in [0.4, 0.5) is 4.79 Å². The van der Waals surface area contributed by atoms with Crippen LogP contribution in [0.3, 0.4) is 0 Å². The largest absolute Gasteiger partial charge is 0.462 e. The maximum atomic E-state index is 12.3. The zero-order valence-corrected chi connectivity index (χ0v) is 16.4. The van der Waals surface area contributed by atoms with Gasteiger partial charge in [0.2, 0.25) is 0 Å². The van der Waals surface area contributed by atoms with Gasteiger partial charge in [-0.3, -0.25) is 0 Å². The van der Waals surface area contributed by atoms with Crippen molar-refractivity contribution in [3.63, 3.8) is 0 Å². The Morgan fingerprint density at radius 2 is 1.88 bits per heavy atom. The van der Waals surface area contributed by atoms with E-state index >= 15 is 0 Å². The van der Waals surface area contributed by atoms with Crippen LogP contribution in [0.5, 0.6) is 0 Å². The lowest BCUT2D eigenvalue weighted by Crippen LogP contribution is -2.52. The van der Waals surface area contributed by atoms with Crippen molar-refractivity contribution >= 4 is 12.1 Å². The number of hydrogen-bond donors (Lipinski definition) is 1. The van der Waals surface area contributed by atoms with Crippen molar-refractivity contribution in [3.05, 3.63) is 35.4 Å². The molecule has 0 radical (unpaired) electrons. The Morgan fingerprint density at radius 3 is 2.42 bits per heavy atom. The summed E-state index contributed by atoms with van der Waals surface area (Å²) in [5.74, 6) is -0.313. The highest BCUT2D eigenvalue weighted by atomic mass is 16.6. The van der Waals surface area contributed by atoms with Crippen LogP contribution < -0.4 is 5.32 Å². The van der Waals surface area contributed by atoms with Crippen molar-refractivity contribution < 1.29 is 19.1 Å². The fourth-order valence-corrected chi connectivity index (χ4v) is 3.24. The highest BCUT2D eigenvalue weighted by molar-refractivity contribution is 5.89. The van der Waals surface area contributed by atoms with Crippen molar-refractivity contribution in [2.45, 2.75) is 51.7 Å². The molecule has 1 aromatic carbocycles. The van der Waals surface area contributed by atoms with Gasteiger partial charge in [-0.05, 0) is 65.3 Å². The van der Waals surface area contributed by atoms with Gasteiger partial charge in [0.15, 0.2) is 0 Å². The molecule has 0 aromatic heterocycles. The first-order valence-corrected chi connectivity index (χ1v) is 9.15. The van der Waals surface area contributed by atoms with Crippen LogP contribution in [-0.4, -0.2) is 49.3 Å². The van der Waals surface area contributed by atoms with E-state index in [0.717, 1.165) is 18.4 Å². The number of likely N-dealkylation sites (tertiary alicyclic amines) is 1. The van der Waals surface area contributed by atoms with Gasteiger partial charge < -0.3 is 19.7 Å². The summed E-state index contributed by atoms with van der Waals surface area (Å²) < 4.78 is 10.6. The molecule has 1 N–H and O–H groups in total. The van der Waals surface area contributed by atoms with Gasteiger partial charge in [0, 0.05) is 18.6 Å². The molecular weight excluding hydrogens is 332 g/mol. The summed E-state index contributed by atoms with van der Waals surface area (Å²) in [6, 6.07) is 7.54. The molecule has 0 unspecified atom stereocenters. The van der Waals surface area contributed by atoms with Gasteiger partial charge >= 0.3 is 12.1 Å². The van der Waals surface area contributed by atoms with Crippen molar-refractivity contribution in [2.24, 2.45) is 0 Å². The third-order valence-electron chi connectivity index (χ3n) is 4.67. The lowest BCUT2D eigenvalue weighted by molar-refractivity contribution is 0.0148. The van der Waals surface area contributed by atoms with Gasteiger partial charge in [-0.2, -0.15) is 0 Å². The first kappa shape index (κ1) is 20.2. The Labute approximate surface area is 155 Å². The van der Waals surface area contributed by atoms with Crippen LogP contribution in [0.15, 0.2) is 24.3 Å². The fourth-order valence-electron chi connectivity index (χ4n) is 3.24. The van der Waals surface area contributed by atoms with Gasteiger partial charge in [-0.15, -0.1) is 0 Å². The Kier molecular flexibility index (Phi) is 6.29. The van der Waals surface area contributed by atoms with E-state index < -0.39 is 5.60 Å². The lowest BCUT2D eigenvalue weighted by Gasteiger charge is -2.42. The quantitative estimate of drug-likeness (QED) is 0.833. The number of nitrogens with zero attached hydrogens (tertiary/aromatic N) is 1. The number of carbonyl (C=O) groups is 2. The van der Waals surface area contributed by atoms with E-state index in [0.29, 0.717) is 25.3 Å². The van der Waals surface area contributed by atoms with Gasteiger partial charge in [0.1, 0.15) is 5.60 Å². The zero-order chi connectivity index (χ0) is 19.4. The average Bonchev–Trinajstić information content (AvgIpc) is 2.60. The second-order valence-electron chi connectivity index (χ2n) is 7.60. The first-order chi connectivity index (χ1) is 12.2. The number of hydrogen-bond acceptors (Lipinski definition) is 5. The van der Waals surface area contributed by atoms with Crippen LogP contribution in [0.1, 0.15) is 56.5 Å². The van der Waals surface area contributed by atoms with Crippen LogP contribution in [0.25, 0.3) is 0 Å². The van der Waals surface area contributed by atoms with Crippen LogP contribution in [-0.2, 0) is 15.0 Å². The SMILES string of the molecule is CCOC(=O)c1cccc(C2(NC)CCN(C(=O)OC(C)(C)C)CC2)c1. The van der Waals surface area contributed by atoms with E-state index in [-0.39, 0.29) is 17.6 Å². The summed E-state index contributed by atoms with van der Waals surface area (Å²) in [7, 11) is 1.92. The van der Waals surface area contributed by atoms with Crippen molar-refractivity contribution in [1.82, 2.24) is 10.2 Å². The Balaban J connectivity index is 2.13. The standard InChI is InChI=1S/C20H30N2O4/c1-6-25-17(23)15-8-7-9-16(14-15)20(21-5)10-12-22(13-11-20)18(24)26-19(2,3)4/h7-9,14,21H,6,10-13H2,1-5H3.